The molecule has 6 heteroatoms. The molecule has 1 atom stereocenters. The molecule has 122 valence electrons. The number of sulfonamides is 1. The Balaban J connectivity index is 1.84. The fourth-order valence-electron chi connectivity index (χ4n) is 2.60. The second-order valence-electron chi connectivity index (χ2n) is 5.59. The summed E-state index contributed by atoms with van der Waals surface area (Å²) in [4.78, 5) is 0.217. The van der Waals surface area contributed by atoms with Crippen LogP contribution in [-0.2, 0) is 14.8 Å². The van der Waals surface area contributed by atoms with Gasteiger partial charge in [0.25, 0.3) is 0 Å². The van der Waals surface area contributed by atoms with E-state index in [2.05, 4.69) is 0 Å². The van der Waals surface area contributed by atoms with E-state index in [0.717, 1.165) is 11.1 Å². The average Bonchev–Trinajstić information content (AvgIpc) is 2.56. The molecule has 1 aliphatic rings. The smallest absolute Gasteiger partial charge is 0.243 e. The molecule has 2 aromatic carbocycles. The van der Waals surface area contributed by atoms with Crippen molar-refractivity contribution < 1.29 is 13.2 Å². The van der Waals surface area contributed by atoms with Gasteiger partial charge in [-0.3, -0.25) is 0 Å². The lowest BCUT2D eigenvalue weighted by Crippen LogP contribution is -2.42. The molecule has 23 heavy (non-hydrogen) atoms. The number of halogens is 1. The highest BCUT2D eigenvalue weighted by molar-refractivity contribution is 7.89. The van der Waals surface area contributed by atoms with Gasteiger partial charge in [0.1, 0.15) is 0 Å². The van der Waals surface area contributed by atoms with Crippen molar-refractivity contribution in [1.82, 2.24) is 4.31 Å². The maximum absolute atomic E-state index is 12.8. The molecule has 1 saturated heterocycles. The minimum Gasteiger partial charge on any atom is -0.371 e. The van der Waals surface area contributed by atoms with Crippen molar-refractivity contribution in [3.63, 3.8) is 0 Å². The standard InChI is InChI=1S/C17H18ClNO3S/c1-13-5-7-14(8-6-13)17-12-19(9-10-22-17)23(20,21)16-4-2-3-15(18)11-16/h2-8,11,17H,9-10,12H2,1H3. The topological polar surface area (TPSA) is 46.6 Å². The molecule has 0 N–H and O–H groups in total. The minimum absolute atomic E-state index is 0.217. The highest BCUT2D eigenvalue weighted by Gasteiger charge is 2.31. The zero-order chi connectivity index (χ0) is 16.4. The van der Waals surface area contributed by atoms with E-state index in [0.29, 0.717) is 24.7 Å². The zero-order valence-corrected chi connectivity index (χ0v) is 14.3. The molecular weight excluding hydrogens is 334 g/mol. The molecule has 0 spiro atoms. The second kappa shape index (κ2) is 6.61. The molecule has 0 saturated carbocycles. The van der Waals surface area contributed by atoms with Gasteiger partial charge in [-0.15, -0.1) is 0 Å². The van der Waals surface area contributed by atoms with Crippen LogP contribution in [-0.4, -0.2) is 32.4 Å². The van der Waals surface area contributed by atoms with Crippen molar-refractivity contribution in [3.8, 4) is 0 Å². The van der Waals surface area contributed by atoms with Crippen LogP contribution in [0, 0.1) is 6.92 Å². The summed E-state index contributed by atoms with van der Waals surface area (Å²) in [5, 5.41) is 0.411. The summed E-state index contributed by atoms with van der Waals surface area (Å²) in [6.45, 7) is 3.04. The van der Waals surface area contributed by atoms with Gasteiger partial charge in [0, 0.05) is 18.1 Å². The van der Waals surface area contributed by atoms with Crippen LogP contribution in [0.15, 0.2) is 53.4 Å². The van der Waals surface area contributed by atoms with E-state index in [1.54, 1.807) is 18.2 Å². The average molecular weight is 352 g/mol. The third-order valence-electron chi connectivity index (χ3n) is 3.91. The Labute approximate surface area is 141 Å². The van der Waals surface area contributed by atoms with E-state index >= 15 is 0 Å². The molecule has 1 aliphatic heterocycles. The fraction of sp³-hybridized carbons (Fsp3) is 0.294. The Morgan fingerprint density at radius 2 is 1.91 bits per heavy atom. The maximum Gasteiger partial charge on any atom is 0.243 e. The molecule has 1 heterocycles. The number of rotatable bonds is 3. The summed E-state index contributed by atoms with van der Waals surface area (Å²) in [5.74, 6) is 0. The molecule has 0 amide bonds. The molecular formula is C17H18ClNO3S. The maximum atomic E-state index is 12.8. The van der Waals surface area contributed by atoms with Gasteiger partial charge in [-0.1, -0.05) is 47.5 Å². The first-order chi connectivity index (χ1) is 11.0. The quantitative estimate of drug-likeness (QED) is 0.851. The van der Waals surface area contributed by atoms with Gasteiger partial charge in [-0.05, 0) is 30.7 Å². The van der Waals surface area contributed by atoms with Gasteiger partial charge >= 0.3 is 0 Å². The lowest BCUT2D eigenvalue weighted by atomic mass is 10.1. The van der Waals surface area contributed by atoms with Crippen molar-refractivity contribution in [1.29, 1.82) is 0 Å². The lowest BCUT2D eigenvalue weighted by molar-refractivity contribution is -0.00255. The number of aryl methyl sites for hydroxylation is 1. The fourth-order valence-corrected chi connectivity index (χ4v) is 4.33. The van der Waals surface area contributed by atoms with Gasteiger partial charge in [0.2, 0.25) is 10.0 Å². The Hall–Kier alpha value is -1.40. The van der Waals surface area contributed by atoms with Crippen molar-refractivity contribution in [2.45, 2.75) is 17.9 Å². The van der Waals surface area contributed by atoms with E-state index in [4.69, 9.17) is 16.3 Å². The highest BCUT2D eigenvalue weighted by Crippen LogP contribution is 2.27. The number of morpholine rings is 1. The first-order valence-corrected chi connectivity index (χ1v) is 9.22. The van der Waals surface area contributed by atoms with Crippen LogP contribution in [0.1, 0.15) is 17.2 Å². The molecule has 3 rings (SSSR count). The van der Waals surface area contributed by atoms with Crippen molar-refractivity contribution in [3.05, 3.63) is 64.7 Å². The molecule has 0 aliphatic carbocycles. The van der Waals surface area contributed by atoms with Crippen LogP contribution in [0.2, 0.25) is 5.02 Å². The highest BCUT2D eigenvalue weighted by atomic mass is 35.5. The molecule has 2 aromatic rings. The van der Waals surface area contributed by atoms with Crippen molar-refractivity contribution in [2.24, 2.45) is 0 Å². The van der Waals surface area contributed by atoms with E-state index < -0.39 is 10.0 Å². The van der Waals surface area contributed by atoms with Gasteiger partial charge in [0.05, 0.1) is 17.6 Å². The number of benzene rings is 2. The van der Waals surface area contributed by atoms with Crippen LogP contribution in [0.4, 0.5) is 0 Å². The summed E-state index contributed by atoms with van der Waals surface area (Å²) in [6, 6.07) is 14.3. The minimum atomic E-state index is -3.56. The molecule has 0 aromatic heterocycles. The second-order valence-corrected chi connectivity index (χ2v) is 7.96. The van der Waals surface area contributed by atoms with Crippen molar-refractivity contribution in [2.75, 3.05) is 19.7 Å². The van der Waals surface area contributed by atoms with Gasteiger partial charge < -0.3 is 4.74 Å². The number of hydrogen-bond donors (Lipinski definition) is 0. The van der Waals surface area contributed by atoms with Crippen LogP contribution in [0.3, 0.4) is 0 Å². The number of hydrogen-bond acceptors (Lipinski definition) is 3. The molecule has 0 radical (unpaired) electrons. The summed E-state index contributed by atoms with van der Waals surface area (Å²) in [7, 11) is -3.56. The summed E-state index contributed by atoms with van der Waals surface area (Å²) in [5.41, 5.74) is 2.15. The van der Waals surface area contributed by atoms with E-state index in [9.17, 15) is 8.42 Å². The Kier molecular flexibility index (Phi) is 4.73. The summed E-state index contributed by atoms with van der Waals surface area (Å²) >= 11 is 5.92. The Bertz CT molecular complexity index is 790. The van der Waals surface area contributed by atoms with Crippen LogP contribution in [0.25, 0.3) is 0 Å². The van der Waals surface area contributed by atoms with E-state index in [-0.39, 0.29) is 11.0 Å². The predicted molar refractivity (Wildman–Crippen MR) is 90.1 cm³/mol. The van der Waals surface area contributed by atoms with Crippen LogP contribution < -0.4 is 0 Å². The third-order valence-corrected chi connectivity index (χ3v) is 6.01. The molecule has 1 fully saturated rings. The largest absolute Gasteiger partial charge is 0.371 e. The van der Waals surface area contributed by atoms with E-state index in [1.807, 2.05) is 31.2 Å². The first-order valence-electron chi connectivity index (χ1n) is 7.41. The SMILES string of the molecule is Cc1ccc(C2CN(S(=O)(=O)c3cccc(Cl)c3)CCO2)cc1. The first kappa shape index (κ1) is 16.5. The monoisotopic (exact) mass is 351 g/mol. The number of ether oxygens (including phenoxy) is 1. The Morgan fingerprint density at radius 3 is 2.61 bits per heavy atom. The Morgan fingerprint density at radius 1 is 1.17 bits per heavy atom. The number of nitrogens with zero attached hydrogens (tertiary/aromatic N) is 1. The predicted octanol–water partition coefficient (Wildman–Crippen LogP) is 3.41. The van der Waals surface area contributed by atoms with Crippen LogP contribution in [0.5, 0.6) is 0 Å². The normalized spacial score (nSPS) is 19.7. The molecule has 4 nitrogen and oxygen atoms in total. The third kappa shape index (κ3) is 3.58. The van der Waals surface area contributed by atoms with Gasteiger partial charge in [-0.2, -0.15) is 4.31 Å². The van der Waals surface area contributed by atoms with Crippen molar-refractivity contribution >= 4 is 21.6 Å². The summed E-state index contributed by atoms with van der Waals surface area (Å²) < 4.78 is 32.8. The summed E-state index contributed by atoms with van der Waals surface area (Å²) in [6.07, 6.45) is -0.252. The molecule has 1 unspecified atom stereocenters. The van der Waals surface area contributed by atoms with E-state index in [1.165, 1.54) is 10.4 Å². The van der Waals surface area contributed by atoms with Crippen LogP contribution >= 0.6 is 11.6 Å². The molecule has 0 bridgehead atoms. The lowest BCUT2D eigenvalue weighted by Gasteiger charge is -2.32. The van der Waals surface area contributed by atoms with Gasteiger partial charge in [0.15, 0.2) is 0 Å². The van der Waals surface area contributed by atoms with Gasteiger partial charge in [-0.25, -0.2) is 8.42 Å². The zero-order valence-electron chi connectivity index (χ0n) is 12.8.